The Morgan fingerprint density at radius 1 is 1.16 bits per heavy atom. The van der Waals surface area contributed by atoms with E-state index in [0.29, 0.717) is 18.9 Å². The minimum absolute atomic E-state index is 0.0423. The van der Waals surface area contributed by atoms with Gasteiger partial charge in [0.05, 0.1) is 17.1 Å². The topological polar surface area (TPSA) is 97.2 Å². The molecule has 2 aromatic heterocycles. The van der Waals surface area contributed by atoms with Crippen LogP contribution in [0.25, 0.3) is 0 Å². The molecule has 0 spiro atoms. The van der Waals surface area contributed by atoms with Gasteiger partial charge in [-0.1, -0.05) is 18.6 Å². The van der Waals surface area contributed by atoms with Gasteiger partial charge in [0.1, 0.15) is 0 Å². The lowest BCUT2D eigenvalue weighted by Crippen LogP contribution is -2.41. The molecule has 31 heavy (non-hydrogen) atoms. The highest BCUT2D eigenvalue weighted by molar-refractivity contribution is 7.89. The number of sulfonamides is 1. The maximum Gasteiger partial charge on any atom is 0.256 e. The molecule has 8 nitrogen and oxygen atoms in total. The quantitative estimate of drug-likeness (QED) is 0.636. The SMILES string of the molecule is CC1CCCCN1S(=O)(=O)c1cccc(C(=O)Nc2ccn(Cc3ccccn3)n2)c1. The first kappa shape index (κ1) is 21.2. The lowest BCUT2D eigenvalue weighted by molar-refractivity contribution is 0.102. The summed E-state index contributed by atoms with van der Waals surface area (Å²) in [4.78, 5) is 17.1. The van der Waals surface area contributed by atoms with Gasteiger partial charge in [-0.3, -0.25) is 14.5 Å². The molecule has 1 unspecified atom stereocenters. The van der Waals surface area contributed by atoms with Gasteiger partial charge >= 0.3 is 0 Å². The van der Waals surface area contributed by atoms with Crippen LogP contribution in [0.2, 0.25) is 0 Å². The summed E-state index contributed by atoms with van der Waals surface area (Å²) in [5.74, 6) is -0.0225. The molecule has 1 aliphatic heterocycles. The van der Waals surface area contributed by atoms with Crippen LogP contribution in [0.1, 0.15) is 42.2 Å². The molecule has 1 amide bonds. The second-order valence-electron chi connectivity index (χ2n) is 7.66. The molecule has 0 aliphatic carbocycles. The average Bonchev–Trinajstić information content (AvgIpc) is 3.21. The van der Waals surface area contributed by atoms with Gasteiger partial charge in [-0.2, -0.15) is 9.40 Å². The van der Waals surface area contributed by atoms with Gasteiger partial charge in [-0.05, 0) is 50.1 Å². The van der Waals surface area contributed by atoms with Crippen molar-refractivity contribution in [2.75, 3.05) is 11.9 Å². The van der Waals surface area contributed by atoms with Crippen LogP contribution >= 0.6 is 0 Å². The molecule has 0 bridgehead atoms. The van der Waals surface area contributed by atoms with E-state index < -0.39 is 15.9 Å². The van der Waals surface area contributed by atoms with E-state index in [4.69, 9.17) is 0 Å². The molecule has 3 aromatic rings. The number of amides is 1. The largest absolute Gasteiger partial charge is 0.305 e. The molecule has 3 heterocycles. The molecule has 1 saturated heterocycles. The lowest BCUT2D eigenvalue weighted by Gasteiger charge is -2.32. The third kappa shape index (κ3) is 4.83. The van der Waals surface area contributed by atoms with Gasteiger partial charge in [0.15, 0.2) is 5.82 Å². The number of carbonyl (C=O) groups excluding carboxylic acids is 1. The number of nitrogens with zero attached hydrogens (tertiary/aromatic N) is 4. The Hall–Kier alpha value is -3.04. The maximum atomic E-state index is 13.1. The predicted molar refractivity (Wildman–Crippen MR) is 117 cm³/mol. The molecule has 1 atom stereocenters. The normalized spacial score (nSPS) is 17.4. The monoisotopic (exact) mass is 439 g/mol. The minimum Gasteiger partial charge on any atom is -0.305 e. The molecule has 1 aromatic carbocycles. The molecule has 0 saturated carbocycles. The van der Waals surface area contributed by atoms with Crippen molar-refractivity contribution < 1.29 is 13.2 Å². The van der Waals surface area contributed by atoms with E-state index in [0.717, 1.165) is 25.0 Å². The summed E-state index contributed by atoms with van der Waals surface area (Å²) in [6, 6.07) is 13.4. The number of anilines is 1. The highest BCUT2D eigenvalue weighted by Crippen LogP contribution is 2.25. The molecule has 4 rings (SSSR count). The van der Waals surface area contributed by atoms with Crippen molar-refractivity contribution in [3.05, 3.63) is 72.2 Å². The first-order chi connectivity index (χ1) is 14.9. The number of aromatic nitrogens is 3. The van der Waals surface area contributed by atoms with E-state index in [1.54, 1.807) is 35.3 Å². The fourth-order valence-corrected chi connectivity index (χ4v) is 5.47. The molecular formula is C22H25N5O3S. The van der Waals surface area contributed by atoms with Gasteiger partial charge in [0.25, 0.3) is 5.91 Å². The van der Waals surface area contributed by atoms with Crippen molar-refractivity contribution in [1.82, 2.24) is 19.1 Å². The van der Waals surface area contributed by atoms with Crippen LogP contribution in [0.3, 0.4) is 0 Å². The number of hydrogen-bond acceptors (Lipinski definition) is 5. The Bertz CT molecular complexity index is 1160. The third-order valence-corrected chi connectivity index (χ3v) is 7.39. The molecular weight excluding hydrogens is 414 g/mol. The summed E-state index contributed by atoms with van der Waals surface area (Å²) >= 11 is 0. The zero-order chi connectivity index (χ0) is 21.8. The summed E-state index contributed by atoms with van der Waals surface area (Å²) in [5.41, 5.74) is 1.12. The second kappa shape index (κ2) is 8.99. The lowest BCUT2D eigenvalue weighted by atomic mass is 10.1. The Morgan fingerprint density at radius 3 is 2.81 bits per heavy atom. The van der Waals surface area contributed by atoms with Crippen LogP contribution < -0.4 is 5.32 Å². The summed E-state index contributed by atoms with van der Waals surface area (Å²) in [6.45, 7) is 2.92. The van der Waals surface area contributed by atoms with E-state index in [1.165, 1.54) is 16.4 Å². The molecule has 1 N–H and O–H groups in total. The highest BCUT2D eigenvalue weighted by atomic mass is 32.2. The number of benzene rings is 1. The van der Waals surface area contributed by atoms with Crippen LogP contribution in [-0.2, 0) is 16.6 Å². The first-order valence-corrected chi connectivity index (χ1v) is 11.7. The number of nitrogens with one attached hydrogen (secondary N) is 1. The van der Waals surface area contributed by atoms with Gasteiger partial charge in [0.2, 0.25) is 10.0 Å². The molecule has 1 fully saturated rings. The fraction of sp³-hybridized carbons (Fsp3) is 0.318. The van der Waals surface area contributed by atoms with Gasteiger partial charge in [-0.15, -0.1) is 0 Å². The minimum atomic E-state index is -3.64. The van der Waals surface area contributed by atoms with Crippen LogP contribution in [0, 0.1) is 0 Å². The van der Waals surface area contributed by atoms with E-state index in [-0.39, 0.29) is 16.5 Å². The zero-order valence-corrected chi connectivity index (χ0v) is 18.1. The fourth-order valence-electron chi connectivity index (χ4n) is 3.72. The Morgan fingerprint density at radius 2 is 2.03 bits per heavy atom. The molecule has 0 radical (unpaired) electrons. The maximum absolute atomic E-state index is 13.1. The van der Waals surface area contributed by atoms with E-state index in [1.807, 2.05) is 25.1 Å². The summed E-state index contributed by atoms with van der Waals surface area (Å²) < 4.78 is 29.4. The number of carbonyl (C=O) groups is 1. The smallest absolute Gasteiger partial charge is 0.256 e. The van der Waals surface area contributed by atoms with Gasteiger partial charge in [0, 0.05) is 36.6 Å². The summed E-state index contributed by atoms with van der Waals surface area (Å²) in [7, 11) is -3.64. The summed E-state index contributed by atoms with van der Waals surface area (Å²) in [5, 5.41) is 7.08. The average molecular weight is 440 g/mol. The van der Waals surface area contributed by atoms with Crippen molar-refractivity contribution in [2.24, 2.45) is 0 Å². The van der Waals surface area contributed by atoms with E-state index in [2.05, 4.69) is 15.4 Å². The van der Waals surface area contributed by atoms with Crippen molar-refractivity contribution in [1.29, 1.82) is 0 Å². The number of hydrogen-bond donors (Lipinski definition) is 1. The summed E-state index contributed by atoms with van der Waals surface area (Å²) in [6.07, 6.45) is 6.20. The Balaban J connectivity index is 1.47. The molecule has 1 aliphatic rings. The van der Waals surface area contributed by atoms with Gasteiger partial charge in [-0.25, -0.2) is 8.42 Å². The van der Waals surface area contributed by atoms with Crippen LogP contribution in [0.5, 0.6) is 0 Å². The number of piperidine rings is 1. The van der Waals surface area contributed by atoms with Crippen molar-refractivity contribution in [3.63, 3.8) is 0 Å². The third-order valence-electron chi connectivity index (χ3n) is 5.38. The number of rotatable bonds is 6. The van der Waals surface area contributed by atoms with Crippen LogP contribution in [0.4, 0.5) is 5.82 Å². The van der Waals surface area contributed by atoms with Crippen molar-refractivity contribution in [3.8, 4) is 0 Å². The second-order valence-corrected chi connectivity index (χ2v) is 9.55. The van der Waals surface area contributed by atoms with Crippen LogP contribution in [-0.4, -0.2) is 46.0 Å². The van der Waals surface area contributed by atoms with Crippen molar-refractivity contribution in [2.45, 2.75) is 43.7 Å². The van der Waals surface area contributed by atoms with Gasteiger partial charge < -0.3 is 5.32 Å². The van der Waals surface area contributed by atoms with Crippen LogP contribution in [0.15, 0.2) is 65.8 Å². The number of pyridine rings is 1. The Labute approximate surface area is 182 Å². The standard InChI is InChI=1S/C22H25N5O3S/c1-17-7-3-5-13-27(17)31(29,30)20-10-6-8-18(15-20)22(28)24-21-11-14-26(25-21)16-19-9-2-4-12-23-19/h2,4,6,8-12,14-15,17H,3,5,7,13,16H2,1H3,(H,24,25,28). The van der Waals surface area contributed by atoms with E-state index >= 15 is 0 Å². The van der Waals surface area contributed by atoms with E-state index in [9.17, 15) is 13.2 Å². The first-order valence-electron chi connectivity index (χ1n) is 10.3. The highest BCUT2D eigenvalue weighted by Gasteiger charge is 2.31. The zero-order valence-electron chi connectivity index (χ0n) is 17.3. The Kier molecular flexibility index (Phi) is 6.15. The van der Waals surface area contributed by atoms with Crippen molar-refractivity contribution >= 4 is 21.7 Å². The molecule has 9 heteroatoms. The predicted octanol–water partition coefficient (Wildman–Crippen LogP) is 3.14. The molecule has 162 valence electrons.